The van der Waals surface area contributed by atoms with E-state index >= 15 is 0 Å². The Labute approximate surface area is 180 Å². The molecule has 4 rings (SSSR count). The van der Waals surface area contributed by atoms with E-state index in [0.717, 1.165) is 15.1 Å². The Hall–Kier alpha value is -3.29. The fraction of sp³-hybridized carbons (Fsp3) is 0.0455. The van der Waals surface area contributed by atoms with Gasteiger partial charge in [-0.2, -0.15) is 9.78 Å². The van der Waals surface area contributed by atoms with Crippen molar-refractivity contribution in [1.82, 2.24) is 15.1 Å². The van der Waals surface area contributed by atoms with Gasteiger partial charge >= 0.3 is 0 Å². The second-order valence-electron chi connectivity index (χ2n) is 6.42. The molecule has 1 unspecified atom stereocenters. The van der Waals surface area contributed by atoms with Gasteiger partial charge in [0.05, 0.1) is 11.7 Å². The number of hydrogen-bond acceptors (Lipinski definition) is 4. The smallest absolute Gasteiger partial charge is 0.272 e. The molecule has 0 bridgehead atoms. The molecule has 30 heavy (non-hydrogen) atoms. The maximum absolute atomic E-state index is 13.2. The van der Waals surface area contributed by atoms with Crippen LogP contribution in [0.25, 0.3) is 5.69 Å². The lowest BCUT2D eigenvalue weighted by molar-refractivity contribution is 0.0936. The third-order valence-electron chi connectivity index (χ3n) is 4.41. The minimum absolute atomic E-state index is 0.0643. The zero-order chi connectivity index (χ0) is 21.1. The molecule has 2 aromatic heterocycles. The number of carbonyl (C=O) groups is 1. The Kier molecular flexibility index (Phi) is 5.74. The van der Waals surface area contributed by atoms with Gasteiger partial charge in [-0.15, -0.1) is 11.3 Å². The SMILES string of the molecule is O=C(NC(c1ccc(Cl)cc1)c1cccs1)c1ccc(=O)n(-c2ccc(F)cc2)n1. The summed E-state index contributed by atoms with van der Waals surface area (Å²) in [5.74, 6) is -0.873. The molecular formula is C22H15ClFN3O2S. The normalized spacial score (nSPS) is 11.8. The molecule has 0 spiro atoms. The minimum Gasteiger partial charge on any atom is -0.339 e. The van der Waals surface area contributed by atoms with E-state index in [1.807, 2.05) is 29.6 Å². The van der Waals surface area contributed by atoms with Crippen LogP contribution in [0.4, 0.5) is 4.39 Å². The van der Waals surface area contributed by atoms with Crippen LogP contribution < -0.4 is 10.9 Å². The first-order valence-electron chi connectivity index (χ1n) is 8.97. The summed E-state index contributed by atoms with van der Waals surface area (Å²) in [6.07, 6.45) is 0. The number of nitrogens with zero attached hydrogens (tertiary/aromatic N) is 2. The fourth-order valence-electron chi connectivity index (χ4n) is 2.93. The van der Waals surface area contributed by atoms with Crippen LogP contribution in [0, 0.1) is 5.82 Å². The van der Waals surface area contributed by atoms with Gasteiger partial charge in [0.2, 0.25) is 0 Å². The van der Waals surface area contributed by atoms with Gasteiger partial charge in [-0.05, 0) is 59.5 Å². The van der Waals surface area contributed by atoms with E-state index < -0.39 is 23.3 Å². The predicted molar refractivity (Wildman–Crippen MR) is 115 cm³/mol. The van der Waals surface area contributed by atoms with Crippen molar-refractivity contribution in [2.24, 2.45) is 0 Å². The Morgan fingerprint density at radius 3 is 2.43 bits per heavy atom. The quantitative estimate of drug-likeness (QED) is 0.494. The number of carbonyl (C=O) groups excluding carboxylic acids is 1. The van der Waals surface area contributed by atoms with Crippen LogP contribution in [0.1, 0.15) is 27.0 Å². The molecule has 4 aromatic rings. The zero-order valence-electron chi connectivity index (χ0n) is 15.5. The molecule has 1 N–H and O–H groups in total. The van der Waals surface area contributed by atoms with E-state index in [-0.39, 0.29) is 5.69 Å². The van der Waals surface area contributed by atoms with Gasteiger partial charge in [0, 0.05) is 16.0 Å². The Balaban J connectivity index is 1.66. The molecule has 1 atom stereocenters. The lowest BCUT2D eigenvalue weighted by Gasteiger charge is -2.18. The lowest BCUT2D eigenvalue weighted by atomic mass is 10.1. The molecule has 0 aliphatic rings. The summed E-state index contributed by atoms with van der Waals surface area (Å²) in [5.41, 5.74) is 0.866. The van der Waals surface area contributed by atoms with Crippen molar-refractivity contribution in [3.8, 4) is 5.69 Å². The number of amides is 1. The zero-order valence-corrected chi connectivity index (χ0v) is 17.0. The molecule has 5 nitrogen and oxygen atoms in total. The van der Waals surface area contributed by atoms with Crippen molar-refractivity contribution in [3.63, 3.8) is 0 Å². The summed E-state index contributed by atoms with van der Waals surface area (Å²) in [5, 5.41) is 9.66. The first-order valence-corrected chi connectivity index (χ1v) is 10.2. The van der Waals surface area contributed by atoms with E-state index in [9.17, 15) is 14.0 Å². The van der Waals surface area contributed by atoms with Gasteiger partial charge in [0.15, 0.2) is 0 Å². The minimum atomic E-state index is -0.445. The highest BCUT2D eigenvalue weighted by Gasteiger charge is 2.20. The summed E-state index contributed by atoms with van der Waals surface area (Å²) < 4.78 is 14.3. The number of hydrogen-bond donors (Lipinski definition) is 1. The van der Waals surface area contributed by atoms with Gasteiger partial charge in [0.25, 0.3) is 11.5 Å². The lowest BCUT2D eigenvalue weighted by Crippen LogP contribution is -2.32. The van der Waals surface area contributed by atoms with Crippen molar-refractivity contribution < 1.29 is 9.18 Å². The maximum atomic E-state index is 13.2. The van der Waals surface area contributed by atoms with Crippen LogP contribution in [-0.4, -0.2) is 15.7 Å². The monoisotopic (exact) mass is 439 g/mol. The molecule has 0 radical (unpaired) electrons. The van der Waals surface area contributed by atoms with Crippen LogP contribution in [0.15, 0.2) is 83.0 Å². The molecule has 1 amide bonds. The van der Waals surface area contributed by atoms with Gasteiger partial charge < -0.3 is 5.32 Å². The van der Waals surface area contributed by atoms with E-state index in [1.54, 1.807) is 12.1 Å². The largest absolute Gasteiger partial charge is 0.339 e. The third-order valence-corrected chi connectivity index (χ3v) is 5.60. The van der Waals surface area contributed by atoms with Crippen LogP contribution in [0.5, 0.6) is 0 Å². The van der Waals surface area contributed by atoms with Crippen molar-refractivity contribution in [2.45, 2.75) is 6.04 Å². The fourth-order valence-corrected chi connectivity index (χ4v) is 3.86. The highest BCUT2D eigenvalue weighted by atomic mass is 35.5. The molecule has 0 aliphatic heterocycles. The topological polar surface area (TPSA) is 64.0 Å². The summed E-state index contributed by atoms with van der Waals surface area (Å²) in [6, 6.07) is 18.6. The molecule has 8 heteroatoms. The highest BCUT2D eigenvalue weighted by Crippen LogP contribution is 2.27. The maximum Gasteiger partial charge on any atom is 0.272 e. The number of benzene rings is 2. The number of thiophene rings is 1. The average molecular weight is 440 g/mol. The summed E-state index contributed by atoms with van der Waals surface area (Å²) in [7, 11) is 0. The van der Waals surface area contributed by atoms with E-state index in [2.05, 4.69) is 10.4 Å². The Morgan fingerprint density at radius 1 is 1.03 bits per heavy atom. The molecule has 0 aliphatic carbocycles. The summed E-state index contributed by atoms with van der Waals surface area (Å²) in [6.45, 7) is 0. The first kappa shape index (κ1) is 20.0. The Bertz CT molecular complexity index is 1220. The standard InChI is InChI=1S/C22H15ClFN3O2S/c23-15-5-3-14(4-6-15)21(19-2-1-13-30-19)25-22(29)18-11-12-20(28)27(26-18)17-9-7-16(24)8-10-17/h1-13,21H,(H,25,29). The van der Waals surface area contributed by atoms with Gasteiger partial charge in [-0.3, -0.25) is 9.59 Å². The van der Waals surface area contributed by atoms with Crippen molar-refractivity contribution in [2.75, 3.05) is 0 Å². The third kappa shape index (κ3) is 4.32. The molecule has 0 saturated carbocycles. The van der Waals surface area contributed by atoms with E-state index in [1.165, 1.54) is 47.7 Å². The highest BCUT2D eigenvalue weighted by molar-refractivity contribution is 7.10. The summed E-state index contributed by atoms with van der Waals surface area (Å²) >= 11 is 7.50. The van der Waals surface area contributed by atoms with E-state index in [0.29, 0.717) is 10.7 Å². The molecule has 150 valence electrons. The molecular weight excluding hydrogens is 425 g/mol. The first-order chi connectivity index (χ1) is 14.5. The van der Waals surface area contributed by atoms with Gasteiger partial charge in [-0.1, -0.05) is 29.8 Å². The molecule has 2 aromatic carbocycles. The van der Waals surface area contributed by atoms with Crippen LogP contribution in [0.3, 0.4) is 0 Å². The molecule has 0 saturated heterocycles. The van der Waals surface area contributed by atoms with Crippen molar-refractivity contribution in [1.29, 1.82) is 0 Å². The summed E-state index contributed by atoms with van der Waals surface area (Å²) in [4.78, 5) is 26.1. The van der Waals surface area contributed by atoms with Crippen LogP contribution >= 0.6 is 22.9 Å². The van der Waals surface area contributed by atoms with E-state index in [4.69, 9.17) is 11.6 Å². The number of halogens is 2. The van der Waals surface area contributed by atoms with Crippen LogP contribution in [-0.2, 0) is 0 Å². The predicted octanol–water partition coefficient (Wildman–Crippen LogP) is 4.61. The van der Waals surface area contributed by atoms with Crippen molar-refractivity contribution >= 4 is 28.8 Å². The van der Waals surface area contributed by atoms with Gasteiger partial charge in [0.1, 0.15) is 11.5 Å². The van der Waals surface area contributed by atoms with Gasteiger partial charge in [-0.25, -0.2) is 4.39 Å². The number of rotatable bonds is 5. The average Bonchev–Trinajstić information content (AvgIpc) is 3.28. The van der Waals surface area contributed by atoms with Crippen LogP contribution in [0.2, 0.25) is 5.02 Å². The number of aromatic nitrogens is 2. The molecule has 0 fully saturated rings. The number of nitrogens with one attached hydrogen (secondary N) is 1. The second-order valence-corrected chi connectivity index (χ2v) is 7.83. The van der Waals surface area contributed by atoms with Crippen molar-refractivity contribution in [3.05, 3.63) is 116 Å². The second kappa shape index (κ2) is 8.61. The molecule has 2 heterocycles. The Morgan fingerprint density at radius 2 is 1.77 bits per heavy atom.